The van der Waals surface area contributed by atoms with Crippen LogP contribution in [0.2, 0.25) is 0 Å². The van der Waals surface area contributed by atoms with Crippen molar-refractivity contribution in [3.05, 3.63) is 64.9 Å². The smallest absolute Gasteiger partial charge is 0.248 e. The normalized spacial score (nSPS) is 17.5. The van der Waals surface area contributed by atoms with Gasteiger partial charge in [0.05, 0.1) is 30.2 Å². The second-order valence-electron chi connectivity index (χ2n) is 7.97. The number of nitriles is 1. The number of fused-ring (bicyclic) bond motifs is 2. The maximum atomic E-state index is 13.1. The van der Waals surface area contributed by atoms with Crippen molar-refractivity contribution in [1.82, 2.24) is 4.90 Å². The Morgan fingerprint density at radius 1 is 1.19 bits per heavy atom. The number of thioether (sulfide) groups is 1. The average molecular weight is 432 g/mol. The van der Waals surface area contributed by atoms with Gasteiger partial charge in [-0.25, -0.2) is 0 Å². The predicted octanol–water partition coefficient (Wildman–Crippen LogP) is 3.88. The minimum atomic E-state index is -0.518. The molecule has 2 heterocycles. The number of nitrogens with zero attached hydrogens (tertiary/aromatic N) is 2. The number of hydrogen-bond acceptors (Lipinski definition) is 5. The molecule has 7 heteroatoms. The van der Waals surface area contributed by atoms with Crippen LogP contribution in [0.4, 0.5) is 5.69 Å². The van der Waals surface area contributed by atoms with E-state index < -0.39 is 6.04 Å². The molecule has 1 saturated heterocycles. The zero-order valence-corrected chi connectivity index (χ0v) is 17.7. The van der Waals surface area contributed by atoms with Crippen molar-refractivity contribution in [3.8, 4) is 6.07 Å². The van der Waals surface area contributed by atoms with Crippen molar-refractivity contribution < 1.29 is 14.0 Å². The van der Waals surface area contributed by atoms with Gasteiger partial charge in [0.2, 0.25) is 11.8 Å². The van der Waals surface area contributed by atoms with Gasteiger partial charge in [-0.3, -0.25) is 9.59 Å². The van der Waals surface area contributed by atoms with Gasteiger partial charge in [0.25, 0.3) is 0 Å². The Labute approximate surface area is 184 Å². The fourth-order valence-electron chi connectivity index (χ4n) is 4.31. The molecule has 1 N–H and O–H groups in total. The lowest BCUT2D eigenvalue weighted by molar-refractivity contribution is -0.135. The molecule has 0 spiro atoms. The quantitative estimate of drug-likeness (QED) is 0.678. The summed E-state index contributed by atoms with van der Waals surface area (Å²) < 4.78 is 5.73. The van der Waals surface area contributed by atoms with E-state index >= 15 is 0 Å². The Hall–Kier alpha value is -3.24. The summed E-state index contributed by atoms with van der Waals surface area (Å²) in [6.45, 7) is 0. The van der Waals surface area contributed by atoms with Gasteiger partial charge in [0, 0.05) is 22.4 Å². The maximum absolute atomic E-state index is 13.1. The fraction of sp³-hybridized carbons (Fsp3) is 0.292. The van der Waals surface area contributed by atoms with E-state index in [-0.39, 0.29) is 18.2 Å². The lowest BCUT2D eigenvalue weighted by Gasteiger charge is -2.23. The van der Waals surface area contributed by atoms with Crippen LogP contribution in [0.15, 0.2) is 47.1 Å². The Kier molecular flexibility index (Phi) is 5.16. The van der Waals surface area contributed by atoms with E-state index in [0.29, 0.717) is 22.9 Å². The van der Waals surface area contributed by atoms with Crippen LogP contribution in [-0.4, -0.2) is 34.4 Å². The molecule has 0 bridgehead atoms. The largest absolute Gasteiger partial charge is 0.464 e. The van der Waals surface area contributed by atoms with Crippen LogP contribution >= 0.6 is 11.8 Å². The fourth-order valence-corrected chi connectivity index (χ4v) is 5.49. The van der Waals surface area contributed by atoms with Crippen molar-refractivity contribution in [1.29, 1.82) is 5.26 Å². The molecule has 1 aliphatic heterocycles. The van der Waals surface area contributed by atoms with Gasteiger partial charge >= 0.3 is 0 Å². The molecule has 2 aromatic carbocycles. The summed E-state index contributed by atoms with van der Waals surface area (Å²) in [6, 6.07) is 12.5. The molecule has 1 fully saturated rings. The predicted molar refractivity (Wildman–Crippen MR) is 120 cm³/mol. The molecule has 5 rings (SSSR count). The number of furan rings is 1. The number of amides is 2. The minimum absolute atomic E-state index is 0.0758. The lowest BCUT2D eigenvalue weighted by atomic mass is 10.0. The van der Waals surface area contributed by atoms with Crippen LogP contribution in [-0.2, 0) is 28.9 Å². The zero-order chi connectivity index (χ0) is 21.4. The first-order valence-corrected chi connectivity index (χ1v) is 11.5. The summed E-state index contributed by atoms with van der Waals surface area (Å²) in [5.41, 5.74) is 5.54. The van der Waals surface area contributed by atoms with Crippen LogP contribution in [0.5, 0.6) is 0 Å². The molecule has 6 nitrogen and oxygen atoms in total. The van der Waals surface area contributed by atoms with Gasteiger partial charge in [-0.2, -0.15) is 5.26 Å². The SMILES string of the molecule is N#Cc1ccc(NC(=O)C2CSCN2C(=O)Cc2coc3cc4c(cc23)CCC4)cc1. The topological polar surface area (TPSA) is 86.3 Å². The summed E-state index contributed by atoms with van der Waals surface area (Å²) >= 11 is 1.57. The first-order valence-electron chi connectivity index (χ1n) is 10.3. The van der Waals surface area contributed by atoms with E-state index in [1.54, 1.807) is 47.2 Å². The van der Waals surface area contributed by atoms with Gasteiger partial charge in [-0.05, 0) is 66.8 Å². The third-order valence-corrected chi connectivity index (χ3v) is 7.01. The number of benzene rings is 2. The molecule has 1 aliphatic carbocycles. The van der Waals surface area contributed by atoms with Crippen molar-refractivity contribution in [2.75, 3.05) is 16.9 Å². The number of carbonyl (C=O) groups excluding carboxylic acids is 2. The molecule has 0 radical (unpaired) electrons. The molecule has 3 aromatic rings. The highest BCUT2D eigenvalue weighted by atomic mass is 32.2. The van der Waals surface area contributed by atoms with Crippen molar-refractivity contribution in [2.24, 2.45) is 0 Å². The van der Waals surface area contributed by atoms with Crippen LogP contribution in [0.3, 0.4) is 0 Å². The van der Waals surface area contributed by atoms with Crippen LogP contribution in [0.25, 0.3) is 11.0 Å². The van der Waals surface area contributed by atoms with E-state index in [1.165, 1.54) is 11.1 Å². The van der Waals surface area contributed by atoms with Crippen LogP contribution < -0.4 is 5.32 Å². The summed E-state index contributed by atoms with van der Waals surface area (Å²) in [5.74, 6) is 0.772. The molecule has 2 amide bonds. The summed E-state index contributed by atoms with van der Waals surface area (Å²) in [4.78, 5) is 27.6. The standard InChI is InChI=1S/C24H21N3O3S/c25-11-15-4-6-19(7-5-15)26-24(29)21-13-31-14-27(21)23(28)10-18-12-30-22-9-17-3-1-2-16(17)8-20(18)22/h4-9,12,21H,1-3,10,13-14H2,(H,26,29). The number of aryl methyl sites for hydroxylation is 2. The first-order chi connectivity index (χ1) is 15.1. The molecule has 31 heavy (non-hydrogen) atoms. The Bertz CT molecular complexity index is 1210. The van der Waals surface area contributed by atoms with Gasteiger partial charge in [-0.15, -0.1) is 11.8 Å². The Balaban J connectivity index is 1.30. The van der Waals surface area contributed by atoms with Crippen LogP contribution in [0, 0.1) is 11.3 Å². The third kappa shape index (κ3) is 3.79. The zero-order valence-electron chi connectivity index (χ0n) is 16.9. The third-order valence-electron chi connectivity index (χ3n) is 6.00. The highest BCUT2D eigenvalue weighted by Gasteiger charge is 2.35. The molecule has 0 saturated carbocycles. The van der Waals surface area contributed by atoms with Crippen LogP contribution in [0.1, 0.15) is 28.7 Å². The first kappa shape index (κ1) is 19.7. The highest BCUT2D eigenvalue weighted by Crippen LogP contribution is 2.31. The van der Waals surface area contributed by atoms with Gasteiger partial charge in [-0.1, -0.05) is 0 Å². The molecule has 1 aromatic heterocycles. The molecular formula is C24H21N3O3S. The Morgan fingerprint density at radius 3 is 2.74 bits per heavy atom. The van der Waals surface area contributed by atoms with Crippen molar-refractivity contribution >= 4 is 40.2 Å². The van der Waals surface area contributed by atoms with Crippen molar-refractivity contribution in [2.45, 2.75) is 31.7 Å². The monoisotopic (exact) mass is 431 g/mol. The van der Waals surface area contributed by atoms with E-state index in [4.69, 9.17) is 9.68 Å². The number of carbonyl (C=O) groups is 2. The van der Waals surface area contributed by atoms with E-state index in [9.17, 15) is 9.59 Å². The number of hydrogen-bond donors (Lipinski definition) is 1. The average Bonchev–Trinajstić information content (AvgIpc) is 3.52. The number of anilines is 1. The molecule has 1 atom stereocenters. The van der Waals surface area contributed by atoms with Gasteiger partial charge in [0.1, 0.15) is 11.6 Å². The summed E-state index contributed by atoms with van der Waals surface area (Å²) in [6.07, 6.45) is 5.21. The van der Waals surface area contributed by atoms with Gasteiger partial charge in [0.15, 0.2) is 0 Å². The van der Waals surface area contributed by atoms with Gasteiger partial charge < -0.3 is 14.6 Å². The molecule has 2 aliphatic rings. The van der Waals surface area contributed by atoms with E-state index in [0.717, 1.165) is 35.8 Å². The Morgan fingerprint density at radius 2 is 1.97 bits per heavy atom. The lowest BCUT2D eigenvalue weighted by Crippen LogP contribution is -2.45. The second kappa shape index (κ2) is 8.12. The maximum Gasteiger partial charge on any atom is 0.248 e. The minimum Gasteiger partial charge on any atom is -0.464 e. The number of rotatable bonds is 4. The number of nitrogens with one attached hydrogen (secondary N) is 1. The molecular weight excluding hydrogens is 410 g/mol. The highest BCUT2D eigenvalue weighted by molar-refractivity contribution is 7.99. The summed E-state index contributed by atoms with van der Waals surface area (Å²) in [5, 5.41) is 12.8. The second-order valence-corrected chi connectivity index (χ2v) is 8.97. The van der Waals surface area contributed by atoms with Crippen molar-refractivity contribution in [3.63, 3.8) is 0 Å². The van der Waals surface area contributed by atoms with E-state index in [1.807, 2.05) is 0 Å². The summed E-state index contributed by atoms with van der Waals surface area (Å²) in [7, 11) is 0. The molecule has 156 valence electrons. The van der Waals surface area contributed by atoms with E-state index in [2.05, 4.69) is 23.5 Å². The molecule has 1 unspecified atom stereocenters.